The zero-order chi connectivity index (χ0) is 45.0. The highest BCUT2D eigenvalue weighted by Crippen LogP contribution is 2.44. The van der Waals surface area contributed by atoms with Crippen LogP contribution in [0.2, 0.25) is 0 Å². The van der Waals surface area contributed by atoms with E-state index in [1.165, 1.54) is 12.8 Å². The molecule has 1 aliphatic carbocycles. The van der Waals surface area contributed by atoms with Crippen LogP contribution in [-0.4, -0.2) is 52.4 Å². The summed E-state index contributed by atoms with van der Waals surface area (Å²) in [5.41, 5.74) is -0.768. The zero-order valence-corrected chi connectivity index (χ0v) is 39.8. The van der Waals surface area contributed by atoms with Crippen LogP contribution in [0.5, 0.6) is 0 Å². The summed E-state index contributed by atoms with van der Waals surface area (Å²) in [5, 5.41) is 0. The van der Waals surface area contributed by atoms with Crippen LogP contribution in [0.1, 0.15) is 210 Å². The second-order valence-electron chi connectivity index (χ2n) is 19.8. The highest BCUT2D eigenvalue weighted by molar-refractivity contribution is 5.72. The Balaban J connectivity index is -0.000000186. The minimum absolute atomic E-state index is 0.0224. The lowest BCUT2D eigenvalue weighted by Crippen LogP contribution is -2.32. The molecule has 1 rings (SSSR count). The molecule has 0 saturated heterocycles. The summed E-state index contributed by atoms with van der Waals surface area (Å²) in [6, 6.07) is 0. The van der Waals surface area contributed by atoms with E-state index in [1.54, 1.807) is 0 Å². The Hall–Kier alpha value is -2.74. The monoisotopic (exact) mass is 789 g/mol. The average Bonchev–Trinajstić information content (AvgIpc) is 2.91. The van der Waals surface area contributed by atoms with Crippen molar-refractivity contribution in [1.82, 2.24) is 0 Å². The SMILES string of the molecule is CC(C)CC(=O)OC(C)(C)C.CC1CC(C(C)(C)C)C1.CCC(C)C(=O)OC(C)(C)C.CCCC(=O)OC(C)(C)C.CCCCC(=O)OC(C)(C)C.O=C=O. The standard InChI is InChI=1S/3C9H18O2.C9H18.C8H16O2.CO2/c1-7(2)6-8(10)11-9(3,4)5;1-6-7(2)8(10)11-9(3,4)5;1-5-6-7-8(10)11-9(2,3)4;1-7-5-8(6-7)9(2,3)4;1-5-6-7(9)10-8(2,3)4;2-1-3/h2*7H,6H2,1-5H3;5-7H2,1-4H3;7-8H,5-6H2,1-4H3;5-6H2,1-4H3;. The molecule has 0 aliphatic heterocycles. The minimum Gasteiger partial charge on any atom is -0.460 e. The molecule has 0 amide bonds. The highest BCUT2D eigenvalue weighted by Gasteiger charge is 2.34. The lowest BCUT2D eigenvalue weighted by Gasteiger charge is -2.42. The van der Waals surface area contributed by atoms with Gasteiger partial charge in [-0.3, -0.25) is 19.2 Å². The van der Waals surface area contributed by atoms with Crippen molar-refractivity contribution in [2.45, 2.75) is 233 Å². The Kier molecular flexibility index (Phi) is 34.0. The Morgan fingerprint density at radius 1 is 0.582 bits per heavy atom. The van der Waals surface area contributed by atoms with Crippen LogP contribution in [-0.2, 0) is 47.7 Å². The molecule has 0 aromatic heterocycles. The number of unbranched alkanes of at least 4 members (excludes halogenated alkanes) is 1. The third-order valence-corrected chi connectivity index (χ3v) is 7.04. The molecule has 10 heteroatoms. The lowest BCUT2D eigenvalue weighted by atomic mass is 9.64. The van der Waals surface area contributed by atoms with Crippen molar-refractivity contribution in [1.29, 1.82) is 0 Å². The third-order valence-electron chi connectivity index (χ3n) is 7.04. The molecule has 0 bridgehead atoms. The molecule has 55 heavy (non-hydrogen) atoms. The number of ether oxygens (including phenoxy) is 4. The first-order valence-electron chi connectivity index (χ1n) is 20.4. The molecular weight excluding hydrogens is 700 g/mol. The summed E-state index contributed by atoms with van der Waals surface area (Å²) >= 11 is 0. The van der Waals surface area contributed by atoms with E-state index in [9.17, 15) is 19.2 Å². The molecular formula is C45H88O10. The third kappa shape index (κ3) is 53.4. The van der Waals surface area contributed by atoms with Crippen LogP contribution < -0.4 is 0 Å². The van der Waals surface area contributed by atoms with Gasteiger partial charge >= 0.3 is 30.0 Å². The van der Waals surface area contributed by atoms with Gasteiger partial charge in [0.1, 0.15) is 22.4 Å². The number of hydrogen-bond donors (Lipinski definition) is 0. The average molecular weight is 789 g/mol. The topological polar surface area (TPSA) is 139 Å². The van der Waals surface area contributed by atoms with Gasteiger partial charge in [-0.25, -0.2) is 0 Å². The van der Waals surface area contributed by atoms with Gasteiger partial charge in [0.15, 0.2) is 0 Å². The number of esters is 4. The Morgan fingerprint density at radius 2 is 0.927 bits per heavy atom. The van der Waals surface area contributed by atoms with Crippen molar-refractivity contribution in [3.63, 3.8) is 0 Å². The lowest BCUT2D eigenvalue weighted by molar-refractivity contribution is -0.192. The van der Waals surface area contributed by atoms with E-state index in [0.717, 1.165) is 37.5 Å². The molecule has 0 radical (unpaired) electrons. The zero-order valence-electron chi connectivity index (χ0n) is 39.8. The molecule has 1 aliphatic rings. The van der Waals surface area contributed by atoms with Gasteiger partial charge in [0.2, 0.25) is 0 Å². The van der Waals surface area contributed by atoms with Crippen molar-refractivity contribution in [2.24, 2.45) is 29.1 Å². The smallest absolute Gasteiger partial charge is 0.373 e. The fraction of sp³-hybridized carbons (Fsp3) is 0.889. The normalized spacial score (nSPS) is 15.5. The van der Waals surface area contributed by atoms with Crippen molar-refractivity contribution in [2.75, 3.05) is 0 Å². The van der Waals surface area contributed by atoms with Crippen LogP contribution in [0.3, 0.4) is 0 Å². The molecule has 328 valence electrons. The molecule has 0 N–H and O–H groups in total. The van der Waals surface area contributed by atoms with Gasteiger partial charge in [0.25, 0.3) is 0 Å². The predicted octanol–water partition coefficient (Wildman–Crippen LogP) is 11.9. The van der Waals surface area contributed by atoms with Crippen molar-refractivity contribution >= 4 is 30.0 Å². The molecule has 1 fully saturated rings. The van der Waals surface area contributed by atoms with E-state index in [1.807, 2.05) is 118 Å². The summed E-state index contributed by atoms with van der Waals surface area (Å²) in [7, 11) is 0. The second kappa shape index (κ2) is 30.4. The second-order valence-corrected chi connectivity index (χ2v) is 19.8. The van der Waals surface area contributed by atoms with E-state index < -0.39 is 0 Å². The maximum absolute atomic E-state index is 11.2. The van der Waals surface area contributed by atoms with Gasteiger partial charge < -0.3 is 18.9 Å². The van der Waals surface area contributed by atoms with Gasteiger partial charge in [-0.2, -0.15) is 9.59 Å². The molecule has 0 aromatic carbocycles. The van der Waals surface area contributed by atoms with Crippen LogP contribution >= 0.6 is 0 Å². The number of rotatable bonds is 9. The van der Waals surface area contributed by atoms with E-state index in [-0.39, 0.29) is 58.4 Å². The molecule has 0 spiro atoms. The number of carbonyl (C=O) groups is 4. The Morgan fingerprint density at radius 3 is 1.16 bits per heavy atom. The first-order chi connectivity index (χ1) is 24.5. The van der Waals surface area contributed by atoms with Crippen molar-refractivity contribution in [3.8, 4) is 0 Å². The van der Waals surface area contributed by atoms with Gasteiger partial charge in [-0.05, 0) is 138 Å². The fourth-order valence-corrected chi connectivity index (χ4v) is 4.21. The molecule has 0 aromatic rings. The van der Waals surface area contributed by atoms with E-state index in [2.05, 4.69) is 34.6 Å². The summed E-state index contributed by atoms with van der Waals surface area (Å²) in [5.74, 6) is 2.03. The minimum atomic E-state index is -0.347. The van der Waals surface area contributed by atoms with Crippen LogP contribution in [0.15, 0.2) is 0 Å². The molecule has 0 heterocycles. The Bertz CT molecular complexity index is 1050. The first kappa shape index (κ1) is 61.5. The van der Waals surface area contributed by atoms with E-state index >= 15 is 0 Å². The fourth-order valence-electron chi connectivity index (χ4n) is 4.21. The van der Waals surface area contributed by atoms with Gasteiger partial charge in [-0.15, -0.1) is 0 Å². The molecule has 1 saturated carbocycles. The number of carbonyl (C=O) groups excluding carboxylic acids is 6. The summed E-state index contributed by atoms with van der Waals surface area (Å²) in [6.07, 6.45) is 8.42. The number of hydrogen-bond acceptors (Lipinski definition) is 10. The van der Waals surface area contributed by atoms with Crippen LogP contribution in [0, 0.1) is 29.1 Å². The maximum Gasteiger partial charge on any atom is 0.373 e. The largest absolute Gasteiger partial charge is 0.460 e. The van der Waals surface area contributed by atoms with Gasteiger partial charge in [0.05, 0.1) is 5.92 Å². The molecule has 1 atom stereocenters. The first-order valence-corrected chi connectivity index (χ1v) is 20.4. The summed E-state index contributed by atoms with van der Waals surface area (Å²) < 4.78 is 20.4. The van der Waals surface area contributed by atoms with Crippen LogP contribution in [0.4, 0.5) is 0 Å². The van der Waals surface area contributed by atoms with Crippen molar-refractivity contribution in [3.05, 3.63) is 0 Å². The quantitative estimate of drug-likeness (QED) is 0.164. The van der Waals surface area contributed by atoms with Crippen LogP contribution in [0.25, 0.3) is 0 Å². The van der Waals surface area contributed by atoms with Gasteiger partial charge in [0, 0.05) is 19.3 Å². The van der Waals surface area contributed by atoms with E-state index in [4.69, 9.17) is 28.5 Å². The van der Waals surface area contributed by atoms with E-state index in [0.29, 0.717) is 30.6 Å². The maximum atomic E-state index is 11.2. The molecule has 10 nitrogen and oxygen atoms in total. The summed E-state index contributed by atoms with van der Waals surface area (Å²) in [4.78, 5) is 60.3. The molecule has 1 unspecified atom stereocenters. The predicted molar refractivity (Wildman–Crippen MR) is 223 cm³/mol. The summed E-state index contributed by atoms with van der Waals surface area (Å²) in [6.45, 7) is 43.9. The highest BCUT2D eigenvalue weighted by atomic mass is 16.6. The Labute approximate surface area is 338 Å². The van der Waals surface area contributed by atoms with Crippen molar-refractivity contribution < 1.29 is 47.7 Å². The van der Waals surface area contributed by atoms with Gasteiger partial charge in [-0.1, -0.05) is 75.7 Å².